The summed E-state index contributed by atoms with van der Waals surface area (Å²) in [5.74, 6) is -2.01. The molecule has 0 bridgehead atoms. The molecule has 158 valence electrons. The maximum absolute atomic E-state index is 12.4. The maximum Gasteiger partial charge on any atom is 0.422 e. The van der Waals surface area contributed by atoms with Crippen molar-refractivity contribution >= 4 is 17.6 Å². The molecule has 2 N–H and O–H groups in total. The molecule has 0 fully saturated rings. The standard InChI is InChI=1S/C17H19F3N4O5/c1-9(24-5-4-12(15(26)27)23-16(24)22-10(2)25)11-6-13(28-3)14(21-7-11)29-8-17(18,19)20/h4-7,9,16H,8H2,1-3H3,(H,22,25)(H,26,27). The van der Waals surface area contributed by atoms with Crippen LogP contribution >= 0.6 is 0 Å². The highest BCUT2D eigenvalue weighted by atomic mass is 19.4. The third-order valence-corrected chi connectivity index (χ3v) is 3.86. The number of rotatable bonds is 7. The molecule has 1 aliphatic heterocycles. The second-order valence-electron chi connectivity index (χ2n) is 6.01. The summed E-state index contributed by atoms with van der Waals surface area (Å²) in [6.45, 7) is 1.46. The summed E-state index contributed by atoms with van der Waals surface area (Å²) in [5.41, 5.74) is 0.272. The molecule has 0 radical (unpaired) electrons. The van der Waals surface area contributed by atoms with E-state index in [1.165, 1.54) is 38.6 Å². The topological polar surface area (TPSA) is 113 Å². The lowest BCUT2D eigenvalue weighted by molar-refractivity contribution is -0.154. The molecule has 12 heteroatoms. The minimum absolute atomic E-state index is 0.00890. The number of pyridine rings is 1. The number of carbonyl (C=O) groups excluding carboxylic acids is 1. The lowest BCUT2D eigenvalue weighted by Crippen LogP contribution is -2.47. The normalized spacial score (nSPS) is 17.4. The number of ether oxygens (including phenoxy) is 2. The maximum atomic E-state index is 12.4. The zero-order chi connectivity index (χ0) is 21.8. The molecule has 1 aliphatic rings. The molecule has 1 aromatic rings. The van der Waals surface area contributed by atoms with Gasteiger partial charge in [0.2, 0.25) is 5.91 Å². The average molecular weight is 416 g/mol. The van der Waals surface area contributed by atoms with E-state index in [2.05, 4.69) is 20.0 Å². The lowest BCUT2D eigenvalue weighted by atomic mass is 10.1. The first-order valence-corrected chi connectivity index (χ1v) is 8.29. The number of carboxylic acid groups (broad SMARTS) is 1. The van der Waals surface area contributed by atoms with Gasteiger partial charge in [-0.05, 0) is 24.6 Å². The van der Waals surface area contributed by atoms with Gasteiger partial charge in [0, 0.05) is 19.3 Å². The van der Waals surface area contributed by atoms with Crippen molar-refractivity contribution in [2.45, 2.75) is 32.4 Å². The predicted molar refractivity (Wildman–Crippen MR) is 94.4 cm³/mol. The van der Waals surface area contributed by atoms with E-state index in [4.69, 9.17) is 9.84 Å². The number of nitrogens with one attached hydrogen (secondary N) is 1. The second kappa shape index (κ2) is 8.80. The number of aliphatic imine (C=N–C) groups is 1. The minimum atomic E-state index is -4.53. The molecule has 1 aromatic heterocycles. The van der Waals surface area contributed by atoms with Crippen LogP contribution in [0.25, 0.3) is 0 Å². The van der Waals surface area contributed by atoms with E-state index in [0.717, 1.165) is 0 Å². The number of methoxy groups -OCH3 is 1. The number of aromatic nitrogens is 1. The van der Waals surface area contributed by atoms with Crippen molar-refractivity contribution in [2.75, 3.05) is 13.7 Å². The molecule has 2 rings (SSSR count). The Morgan fingerprint density at radius 1 is 1.41 bits per heavy atom. The summed E-state index contributed by atoms with van der Waals surface area (Å²) in [7, 11) is 1.26. The van der Waals surface area contributed by atoms with Gasteiger partial charge in [0.05, 0.1) is 13.2 Å². The van der Waals surface area contributed by atoms with Crippen molar-refractivity contribution in [3.63, 3.8) is 0 Å². The van der Waals surface area contributed by atoms with Crippen LogP contribution in [0.3, 0.4) is 0 Å². The molecule has 29 heavy (non-hydrogen) atoms. The van der Waals surface area contributed by atoms with E-state index in [-0.39, 0.29) is 17.3 Å². The number of amides is 1. The van der Waals surface area contributed by atoms with Gasteiger partial charge in [-0.2, -0.15) is 13.2 Å². The number of carboxylic acids is 1. The number of alkyl halides is 3. The third kappa shape index (κ3) is 5.83. The highest BCUT2D eigenvalue weighted by molar-refractivity contribution is 6.40. The second-order valence-corrected chi connectivity index (χ2v) is 6.01. The molecule has 0 spiro atoms. The van der Waals surface area contributed by atoms with Crippen molar-refractivity contribution in [3.05, 3.63) is 30.1 Å². The Balaban J connectivity index is 2.27. The summed E-state index contributed by atoms with van der Waals surface area (Å²) in [5, 5.41) is 11.6. The molecular weight excluding hydrogens is 397 g/mol. The highest BCUT2D eigenvalue weighted by Crippen LogP contribution is 2.32. The Kier molecular flexibility index (Phi) is 6.67. The van der Waals surface area contributed by atoms with Crippen molar-refractivity contribution < 1.29 is 37.3 Å². The molecule has 0 aliphatic carbocycles. The molecule has 0 saturated heterocycles. The Bertz CT molecular complexity index is 841. The lowest BCUT2D eigenvalue weighted by Gasteiger charge is -2.35. The summed E-state index contributed by atoms with van der Waals surface area (Å²) in [4.78, 5) is 32.1. The van der Waals surface area contributed by atoms with Gasteiger partial charge < -0.3 is 24.8 Å². The first kappa shape index (κ1) is 22.0. The van der Waals surface area contributed by atoms with E-state index in [9.17, 15) is 22.8 Å². The zero-order valence-electron chi connectivity index (χ0n) is 15.7. The number of carbonyl (C=O) groups is 2. The Labute approximate surface area is 163 Å². The largest absolute Gasteiger partial charge is 0.491 e. The molecule has 9 nitrogen and oxygen atoms in total. The summed E-state index contributed by atoms with van der Waals surface area (Å²) < 4.78 is 46.8. The number of halogens is 3. The van der Waals surface area contributed by atoms with Crippen LogP contribution in [-0.2, 0) is 9.59 Å². The van der Waals surface area contributed by atoms with Crippen LogP contribution in [0.2, 0.25) is 0 Å². The van der Waals surface area contributed by atoms with Crippen LogP contribution in [-0.4, -0.2) is 58.8 Å². The summed E-state index contributed by atoms with van der Waals surface area (Å²) in [6, 6.07) is 0.943. The first-order valence-electron chi connectivity index (χ1n) is 8.29. The molecule has 2 unspecified atom stereocenters. The van der Waals surface area contributed by atoms with Gasteiger partial charge in [-0.15, -0.1) is 0 Å². The van der Waals surface area contributed by atoms with Crippen LogP contribution in [0.5, 0.6) is 11.6 Å². The number of hydrogen-bond donors (Lipinski definition) is 2. The van der Waals surface area contributed by atoms with E-state index < -0.39 is 37.0 Å². The monoisotopic (exact) mass is 416 g/mol. The molecule has 2 heterocycles. The SMILES string of the molecule is COc1cc(C(C)N2C=CC(C(=O)O)=NC2NC(C)=O)cnc1OCC(F)(F)F. The fourth-order valence-corrected chi connectivity index (χ4v) is 2.49. The van der Waals surface area contributed by atoms with Crippen molar-refractivity contribution in [1.29, 1.82) is 0 Å². The van der Waals surface area contributed by atoms with Crippen LogP contribution in [0.15, 0.2) is 29.5 Å². The number of hydrogen-bond acceptors (Lipinski definition) is 7. The molecule has 1 amide bonds. The van der Waals surface area contributed by atoms with Gasteiger partial charge in [0.25, 0.3) is 5.88 Å². The Hall–Kier alpha value is -3.31. The number of nitrogens with zero attached hydrogens (tertiary/aromatic N) is 3. The van der Waals surface area contributed by atoms with E-state index >= 15 is 0 Å². The van der Waals surface area contributed by atoms with E-state index in [1.54, 1.807) is 11.8 Å². The molecule has 2 atom stereocenters. The van der Waals surface area contributed by atoms with Crippen LogP contribution in [0.4, 0.5) is 13.2 Å². The predicted octanol–water partition coefficient (Wildman–Crippen LogP) is 1.87. The minimum Gasteiger partial charge on any atom is -0.491 e. The van der Waals surface area contributed by atoms with Gasteiger partial charge in [0.1, 0.15) is 5.71 Å². The van der Waals surface area contributed by atoms with Gasteiger partial charge in [-0.25, -0.2) is 14.8 Å². The smallest absolute Gasteiger partial charge is 0.422 e. The average Bonchev–Trinajstić information content (AvgIpc) is 2.64. The van der Waals surface area contributed by atoms with E-state index in [1.807, 2.05) is 0 Å². The van der Waals surface area contributed by atoms with Crippen LogP contribution < -0.4 is 14.8 Å². The first-order chi connectivity index (χ1) is 13.5. The van der Waals surface area contributed by atoms with Crippen molar-refractivity contribution in [1.82, 2.24) is 15.2 Å². The third-order valence-electron chi connectivity index (χ3n) is 3.86. The molecule has 0 saturated carbocycles. The fraction of sp³-hybridized carbons (Fsp3) is 0.412. The number of aliphatic carboxylic acids is 1. The summed E-state index contributed by atoms with van der Waals surface area (Å²) >= 11 is 0. The highest BCUT2D eigenvalue weighted by Gasteiger charge is 2.30. The van der Waals surface area contributed by atoms with Crippen LogP contribution in [0, 0.1) is 0 Å². The fourth-order valence-electron chi connectivity index (χ4n) is 2.49. The van der Waals surface area contributed by atoms with Crippen molar-refractivity contribution in [2.24, 2.45) is 4.99 Å². The Morgan fingerprint density at radius 3 is 2.66 bits per heavy atom. The van der Waals surface area contributed by atoms with E-state index in [0.29, 0.717) is 5.56 Å². The van der Waals surface area contributed by atoms with Crippen LogP contribution in [0.1, 0.15) is 25.5 Å². The van der Waals surface area contributed by atoms with Gasteiger partial charge in [-0.1, -0.05) is 0 Å². The van der Waals surface area contributed by atoms with Gasteiger partial charge >= 0.3 is 12.1 Å². The van der Waals surface area contributed by atoms with Crippen molar-refractivity contribution in [3.8, 4) is 11.6 Å². The molecular formula is C17H19F3N4O5. The quantitative estimate of drug-likeness (QED) is 0.698. The Morgan fingerprint density at radius 2 is 2.10 bits per heavy atom. The van der Waals surface area contributed by atoms with Gasteiger partial charge in [0.15, 0.2) is 18.6 Å². The van der Waals surface area contributed by atoms with Gasteiger partial charge in [-0.3, -0.25) is 4.79 Å². The molecule has 0 aromatic carbocycles. The zero-order valence-corrected chi connectivity index (χ0v) is 15.7. The summed E-state index contributed by atoms with van der Waals surface area (Å²) in [6.07, 6.45) is -1.51.